The minimum atomic E-state index is -1.10. The van der Waals surface area contributed by atoms with Gasteiger partial charge in [-0.1, -0.05) is 26.8 Å². The van der Waals surface area contributed by atoms with Crippen LogP contribution in [0.25, 0.3) is 0 Å². The van der Waals surface area contributed by atoms with E-state index >= 15 is 0 Å². The van der Waals surface area contributed by atoms with Gasteiger partial charge in [0.15, 0.2) is 17.6 Å². The summed E-state index contributed by atoms with van der Waals surface area (Å²) in [5.41, 5.74) is -0.638. The number of fused-ring (bicyclic) bond motifs is 2. The first-order valence-electron chi connectivity index (χ1n) is 20.2. The van der Waals surface area contributed by atoms with Crippen LogP contribution >= 0.6 is 0 Å². The predicted octanol–water partition coefficient (Wildman–Crippen LogP) is 4.54. The molecule has 57 heavy (non-hydrogen) atoms. The maximum atomic E-state index is 13.1. The Morgan fingerprint density at radius 3 is 2.25 bits per heavy atom. The highest BCUT2D eigenvalue weighted by molar-refractivity contribution is 5.78. The number of hydrogen-bond acceptors (Lipinski definition) is 15. The number of esters is 4. The first-order chi connectivity index (χ1) is 26.9. The zero-order valence-corrected chi connectivity index (χ0v) is 34.1. The normalized spacial score (nSPS) is 30.4. The molecule has 4 bridgehead atoms. The second-order valence-corrected chi connectivity index (χ2v) is 18.1. The summed E-state index contributed by atoms with van der Waals surface area (Å²) in [6.07, 6.45) is 3.37. The molecule has 7 aliphatic rings. The number of carbonyl (C=O) groups excluding carboxylic acids is 5. The van der Waals surface area contributed by atoms with Gasteiger partial charge in [0.2, 0.25) is 6.79 Å². The van der Waals surface area contributed by atoms with Crippen LogP contribution < -0.4 is 9.47 Å². The lowest BCUT2D eigenvalue weighted by Gasteiger charge is -2.75. The Morgan fingerprint density at radius 2 is 1.61 bits per heavy atom. The van der Waals surface area contributed by atoms with Crippen molar-refractivity contribution in [1.29, 1.82) is 0 Å². The molecule has 0 radical (unpaired) electrons. The van der Waals surface area contributed by atoms with E-state index in [4.69, 9.17) is 37.9 Å². The van der Waals surface area contributed by atoms with Gasteiger partial charge in [0.25, 0.3) is 0 Å². The Morgan fingerprint density at radius 1 is 0.930 bits per heavy atom. The van der Waals surface area contributed by atoms with Crippen LogP contribution in [-0.4, -0.2) is 110 Å². The number of piperidine rings is 1. The lowest BCUT2D eigenvalue weighted by molar-refractivity contribution is -0.312. The van der Waals surface area contributed by atoms with E-state index in [2.05, 4.69) is 25.7 Å². The minimum absolute atomic E-state index is 0.186. The lowest BCUT2D eigenvalue weighted by atomic mass is 9.33. The van der Waals surface area contributed by atoms with E-state index in [1.807, 2.05) is 13.0 Å². The molecule has 0 amide bonds. The van der Waals surface area contributed by atoms with Gasteiger partial charge in [-0.25, -0.2) is 4.79 Å². The van der Waals surface area contributed by atoms with E-state index < -0.39 is 83.9 Å². The lowest BCUT2D eigenvalue weighted by Crippen LogP contribution is -2.83. The molecule has 1 saturated heterocycles. The molecule has 15 heteroatoms. The van der Waals surface area contributed by atoms with Crippen LogP contribution in [0.3, 0.4) is 0 Å². The van der Waals surface area contributed by atoms with Crippen LogP contribution in [-0.2, 0) is 59.4 Å². The fourth-order valence-corrected chi connectivity index (χ4v) is 11.0. The molecule has 5 fully saturated rings. The van der Waals surface area contributed by atoms with Crippen molar-refractivity contribution in [3.8, 4) is 11.5 Å². The zero-order valence-electron chi connectivity index (χ0n) is 34.1. The maximum absolute atomic E-state index is 13.1. The molecule has 2 spiro atoms. The Bertz CT molecular complexity index is 1770. The van der Waals surface area contributed by atoms with Gasteiger partial charge in [0.05, 0.1) is 18.4 Å². The Balaban J connectivity index is 1.04. The molecule has 2 aliphatic heterocycles. The number of rotatable bonds is 15. The van der Waals surface area contributed by atoms with Crippen molar-refractivity contribution in [2.75, 3.05) is 40.2 Å². The predicted molar refractivity (Wildman–Crippen MR) is 199 cm³/mol. The quantitative estimate of drug-likeness (QED) is 0.113. The van der Waals surface area contributed by atoms with E-state index in [0.29, 0.717) is 5.75 Å². The van der Waals surface area contributed by atoms with Gasteiger partial charge in [-0.3, -0.25) is 24.1 Å². The van der Waals surface area contributed by atoms with Crippen LogP contribution in [0, 0.1) is 22.7 Å². The summed E-state index contributed by atoms with van der Waals surface area (Å²) in [5.74, 6) is -1.66. The van der Waals surface area contributed by atoms with Crippen molar-refractivity contribution < 1.29 is 67.0 Å². The smallest absolute Gasteiger partial charge is 0.482 e. The summed E-state index contributed by atoms with van der Waals surface area (Å²) >= 11 is 0. The second-order valence-electron chi connectivity index (χ2n) is 18.1. The molecule has 0 aromatic heterocycles. The molecular formula is C42H57NO14. The van der Waals surface area contributed by atoms with Crippen LogP contribution in [0.1, 0.15) is 104 Å². The standard InChI is InChI=1S/C42H57NO14/c1-24(44)51-21-28(22-52-25(2)45)55-33(47)13-12-32(46)53-23-54-37(48)56-29-11-10-27-18-31-40-14-15-42(50-7,30(19-40)39(6,49)38(3,4)5)36-41(40,34(27)35(29)57-36)16-17-43(31)20-26-8-9-26/h10-11,26,28,30-31,36,49H,8-9,12-23H2,1-7H3/t30-,31?,36-,39+,40-,41+,42+/m1/s1. The zero-order chi connectivity index (χ0) is 41.1. The Kier molecular flexibility index (Phi) is 10.9. The van der Waals surface area contributed by atoms with Crippen molar-refractivity contribution in [3.05, 3.63) is 23.3 Å². The van der Waals surface area contributed by atoms with Crippen molar-refractivity contribution in [2.45, 2.75) is 134 Å². The van der Waals surface area contributed by atoms with Crippen LogP contribution in [0.4, 0.5) is 4.79 Å². The monoisotopic (exact) mass is 799 g/mol. The molecule has 1 aromatic carbocycles. The molecular weight excluding hydrogens is 742 g/mol. The number of methoxy groups -OCH3 is 1. The third-order valence-corrected chi connectivity index (χ3v) is 14.2. The molecule has 1 N–H and O–H groups in total. The molecule has 15 nitrogen and oxygen atoms in total. The number of nitrogens with zero attached hydrogens (tertiary/aromatic N) is 1. The maximum Gasteiger partial charge on any atom is 0.516 e. The molecule has 2 heterocycles. The highest BCUT2D eigenvalue weighted by atomic mass is 16.8. The topological polar surface area (TPSA) is 183 Å². The van der Waals surface area contributed by atoms with E-state index in [-0.39, 0.29) is 36.3 Å². The van der Waals surface area contributed by atoms with Crippen LogP contribution in [0.5, 0.6) is 11.5 Å². The first-order valence-corrected chi connectivity index (χ1v) is 20.2. The number of aliphatic hydroxyl groups is 1. The first kappa shape index (κ1) is 41.2. The summed E-state index contributed by atoms with van der Waals surface area (Å²) in [6, 6.07) is 4.05. The molecule has 8 rings (SSSR count). The Hall–Kier alpha value is -3.95. The fraction of sp³-hybridized carbons (Fsp3) is 0.738. The third-order valence-electron chi connectivity index (χ3n) is 14.2. The van der Waals surface area contributed by atoms with Crippen molar-refractivity contribution in [1.82, 2.24) is 4.90 Å². The number of benzene rings is 1. The second kappa shape index (κ2) is 15.0. The van der Waals surface area contributed by atoms with Crippen LogP contribution in [0.15, 0.2) is 12.1 Å². The minimum Gasteiger partial charge on any atom is -0.482 e. The van der Waals surface area contributed by atoms with E-state index in [1.54, 1.807) is 13.2 Å². The van der Waals surface area contributed by atoms with Crippen molar-refractivity contribution >= 4 is 30.0 Å². The fourth-order valence-electron chi connectivity index (χ4n) is 11.0. The number of carbonyl (C=O) groups is 5. The molecule has 5 aliphatic carbocycles. The SMILES string of the molecule is CO[C@@]12CC[C@@]3(C[C@@H]1[C@](C)(O)C(C)(C)C)C1Cc4ccc(OC(=O)OCOC(=O)CCC(=O)OC(COC(C)=O)COC(C)=O)c5c4[C@@]3(CCN1CC1CC1)[C@H]2O5. The molecule has 7 atom stereocenters. The summed E-state index contributed by atoms with van der Waals surface area (Å²) in [4.78, 5) is 62.9. The van der Waals surface area contributed by atoms with Gasteiger partial charge >= 0.3 is 30.0 Å². The van der Waals surface area contributed by atoms with E-state index in [1.165, 1.54) is 32.3 Å². The number of likely N-dealkylation sites (tertiary alicyclic amines) is 1. The summed E-state index contributed by atoms with van der Waals surface area (Å²) in [6.45, 7) is 11.1. The van der Waals surface area contributed by atoms with E-state index in [0.717, 1.165) is 56.7 Å². The molecule has 1 aromatic rings. The summed E-state index contributed by atoms with van der Waals surface area (Å²) < 4.78 is 44.6. The van der Waals surface area contributed by atoms with Gasteiger partial charge in [-0.15, -0.1) is 0 Å². The summed E-state index contributed by atoms with van der Waals surface area (Å²) in [7, 11) is 1.74. The number of ether oxygens (including phenoxy) is 8. The van der Waals surface area contributed by atoms with Crippen molar-refractivity contribution in [2.24, 2.45) is 22.7 Å². The van der Waals surface area contributed by atoms with Gasteiger partial charge < -0.3 is 43.0 Å². The highest BCUT2D eigenvalue weighted by Crippen LogP contribution is 2.78. The molecule has 1 unspecified atom stereocenters. The average Bonchev–Trinajstić information content (AvgIpc) is 3.89. The van der Waals surface area contributed by atoms with E-state index in [9.17, 15) is 29.1 Å². The number of hydrogen-bond donors (Lipinski definition) is 1. The molecule has 314 valence electrons. The van der Waals surface area contributed by atoms with Gasteiger partial charge in [0, 0.05) is 55.9 Å². The molecule has 4 saturated carbocycles. The summed E-state index contributed by atoms with van der Waals surface area (Å²) in [5, 5.41) is 12.5. The van der Waals surface area contributed by atoms with Gasteiger partial charge in [0.1, 0.15) is 24.9 Å². The largest absolute Gasteiger partial charge is 0.516 e. The highest BCUT2D eigenvalue weighted by Gasteiger charge is 2.82. The van der Waals surface area contributed by atoms with Gasteiger partial charge in [-0.05, 0) is 81.4 Å². The van der Waals surface area contributed by atoms with Gasteiger partial charge in [-0.2, -0.15) is 0 Å². The average molecular weight is 800 g/mol. The van der Waals surface area contributed by atoms with Crippen molar-refractivity contribution in [3.63, 3.8) is 0 Å². The third kappa shape index (κ3) is 7.04. The Labute approximate surface area is 333 Å². The van der Waals surface area contributed by atoms with Crippen LogP contribution in [0.2, 0.25) is 0 Å².